The topological polar surface area (TPSA) is 64.8 Å². The van der Waals surface area contributed by atoms with E-state index in [1.165, 1.54) is 0 Å². The molecule has 0 heterocycles. The molecule has 21 heavy (non-hydrogen) atoms. The monoisotopic (exact) mass is 316 g/mol. The second kappa shape index (κ2) is 10.3. The number of likely N-dealkylation sites (N-methyl/N-ethyl adjacent to an activating group) is 1. The van der Waals surface area contributed by atoms with Gasteiger partial charge in [-0.25, -0.2) is 0 Å². The molecule has 0 aliphatic heterocycles. The van der Waals surface area contributed by atoms with Crippen molar-refractivity contribution in [3.63, 3.8) is 0 Å². The fourth-order valence-electron chi connectivity index (χ4n) is 1.86. The van der Waals surface area contributed by atoms with Gasteiger partial charge in [0.1, 0.15) is 6.61 Å². The van der Waals surface area contributed by atoms with E-state index in [1.54, 1.807) is 19.1 Å². The summed E-state index contributed by atoms with van der Waals surface area (Å²) in [6.45, 7) is 2.91. The normalized spacial score (nSPS) is 11.2. The minimum Gasteiger partial charge on any atom is -0.493 e. The van der Waals surface area contributed by atoms with Gasteiger partial charge in [-0.3, -0.25) is 4.79 Å². The van der Waals surface area contributed by atoms with E-state index in [2.05, 4.69) is 0 Å². The Labute approximate surface area is 132 Å². The van der Waals surface area contributed by atoms with Gasteiger partial charge in [-0.05, 0) is 18.6 Å². The fraction of sp³-hybridized carbons (Fsp3) is 0.533. The van der Waals surface area contributed by atoms with E-state index >= 15 is 0 Å². The Kier molecular flexibility index (Phi) is 9.58. The molecule has 0 aliphatic rings. The van der Waals surface area contributed by atoms with Gasteiger partial charge in [0.2, 0.25) is 5.91 Å². The van der Waals surface area contributed by atoms with Gasteiger partial charge >= 0.3 is 0 Å². The van der Waals surface area contributed by atoms with E-state index in [0.717, 1.165) is 6.42 Å². The van der Waals surface area contributed by atoms with Gasteiger partial charge in [0, 0.05) is 7.05 Å². The van der Waals surface area contributed by atoms with E-state index in [0.29, 0.717) is 31.1 Å². The van der Waals surface area contributed by atoms with Gasteiger partial charge in [0.25, 0.3) is 0 Å². The molecule has 1 aromatic rings. The van der Waals surface area contributed by atoms with Crippen LogP contribution in [0.3, 0.4) is 0 Å². The third-order valence-electron chi connectivity index (χ3n) is 3.05. The lowest BCUT2D eigenvalue weighted by Gasteiger charge is -2.21. The van der Waals surface area contributed by atoms with E-state index in [1.807, 2.05) is 31.2 Å². The van der Waals surface area contributed by atoms with Crippen LogP contribution >= 0.6 is 12.4 Å². The van der Waals surface area contributed by atoms with Crippen molar-refractivity contribution >= 4 is 18.3 Å². The maximum atomic E-state index is 11.9. The van der Waals surface area contributed by atoms with Crippen molar-refractivity contribution in [1.82, 2.24) is 4.90 Å². The number of amides is 1. The number of carbonyl (C=O) groups excluding carboxylic acids is 1. The van der Waals surface area contributed by atoms with Crippen molar-refractivity contribution in [2.24, 2.45) is 5.73 Å². The molecule has 1 unspecified atom stereocenters. The molecule has 6 heteroatoms. The van der Waals surface area contributed by atoms with Crippen molar-refractivity contribution in [3.05, 3.63) is 24.3 Å². The van der Waals surface area contributed by atoms with Gasteiger partial charge in [0.05, 0.1) is 19.7 Å². The Balaban J connectivity index is 0.00000400. The summed E-state index contributed by atoms with van der Waals surface area (Å²) in [5, 5.41) is 0. The van der Waals surface area contributed by atoms with Crippen LogP contribution in [0.5, 0.6) is 11.5 Å². The number of rotatable bonds is 8. The molecule has 1 aromatic carbocycles. The van der Waals surface area contributed by atoms with E-state index in [9.17, 15) is 4.79 Å². The molecule has 0 saturated carbocycles. The number of hydrogen-bond donors (Lipinski definition) is 1. The lowest BCUT2D eigenvalue weighted by Crippen LogP contribution is -2.43. The van der Waals surface area contributed by atoms with Crippen molar-refractivity contribution in [3.8, 4) is 11.5 Å². The predicted octanol–water partition coefficient (Wildman–Crippen LogP) is 2.08. The Morgan fingerprint density at radius 1 is 1.33 bits per heavy atom. The summed E-state index contributed by atoms with van der Waals surface area (Å²) in [6.07, 6.45) is 1.61. The minimum absolute atomic E-state index is 0. The van der Waals surface area contributed by atoms with Gasteiger partial charge in [-0.15, -0.1) is 12.4 Å². The zero-order chi connectivity index (χ0) is 15.0. The summed E-state index contributed by atoms with van der Waals surface area (Å²) in [5.74, 6) is 1.31. The molecule has 120 valence electrons. The maximum absolute atomic E-state index is 11.9. The summed E-state index contributed by atoms with van der Waals surface area (Å²) >= 11 is 0. The lowest BCUT2D eigenvalue weighted by atomic mass is 10.1. The molecule has 0 aromatic heterocycles. The number of para-hydroxylation sites is 2. The molecule has 0 fully saturated rings. The summed E-state index contributed by atoms with van der Waals surface area (Å²) < 4.78 is 10.8. The fourth-order valence-corrected chi connectivity index (χ4v) is 1.86. The maximum Gasteiger partial charge on any atom is 0.239 e. The summed E-state index contributed by atoms with van der Waals surface area (Å²) in [5.41, 5.74) is 5.81. The number of ether oxygens (including phenoxy) is 2. The highest BCUT2D eigenvalue weighted by atomic mass is 35.5. The smallest absolute Gasteiger partial charge is 0.239 e. The van der Waals surface area contributed by atoms with Crippen molar-refractivity contribution in [2.75, 3.05) is 27.3 Å². The summed E-state index contributed by atoms with van der Waals surface area (Å²) in [6, 6.07) is 7.01. The average Bonchev–Trinajstić information content (AvgIpc) is 2.47. The quantitative estimate of drug-likeness (QED) is 0.797. The molecule has 1 rings (SSSR count). The highest BCUT2D eigenvalue weighted by Crippen LogP contribution is 2.25. The molecule has 0 radical (unpaired) electrons. The predicted molar refractivity (Wildman–Crippen MR) is 86.3 cm³/mol. The number of hydrogen-bond acceptors (Lipinski definition) is 4. The van der Waals surface area contributed by atoms with E-state index in [4.69, 9.17) is 15.2 Å². The van der Waals surface area contributed by atoms with Crippen molar-refractivity contribution in [1.29, 1.82) is 0 Å². The number of methoxy groups -OCH3 is 1. The number of benzene rings is 1. The Hall–Kier alpha value is -1.46. The average molecular weight is 317 g/mol. The van der Waals surface area contributed by atoms with Crippen molar-refractivity contribution < 1.29 is 14.3 Å². The second-order valence-electron chi connectivity index (χ2n) is 4.65. The zero-order valence-corrected chi connectivity index (χ0v) is 13.7. The third kappa shape index (κ3) is 6.23. The molecule has 0 saturated heterocycles. The van der Waals surface area contributed by atoms with Crippen LogP contribution in [0.2, 0.25) is 0 Å². The largest absolute Gasteiger partial charge is 0.493 e. The third-order valence-corrected chi connectivity index (χ3v) is 3.05. The number of halogens is 1. The highest BCUT2D eigenvalue weighted by molar-refractivity contribution is 5.85. The van der Waals surface area contributed by atoms with Crippen LogP contribution in [0.25, 0.3) is 0 Å². The Bertz CT molecular complexity index is 429. The molecule has 0 spiro atoms. The van der Waals surface area contributed by atoms with E-state index < -0.39 is 6.04 Å². The molecule has 0 aliphatic carbocycles. The van der Waals surface area contributed by atoms with Crippen molar-refractivity contribution in [2.45, 2.75) is 25.8 Å². The zero-order valence-electron chi connectivity index (χ0n) is 12.9. The molecule has 5 nitrogen and oxygen atoms in total. The molecule has 1 atom stereocenters. The first-order chi connectivity index (χ1) is 9.60. The van der Waals surface area contributed by atoms with Crippen LogP contribution in [0.4, 0.5) is 0 Å². The Morgan fingerprint density at radius 2 is 1.95 bits per heavy atom. The number of carbonyl (C=O) groups is 1. The van der Waals surface area contributed by atoms with Crippen LogP contribution in [0, 0.1) is 0 Å². The van der Waals surface area contributed by atoms with Crippen LogP contribution in [0.15, 0.2) is 24.3 Å². The first kappa shape index (κ1) is 19.5. The first-order valence-electron chi connectivity index (χ1n) is 6.86. The first-order valence-corrected chi connectivity index (χ1v) is 6.86. The van der Waals surface area contributed by atoms with Crippen LogP contribution in [0.1, 0.15) is 19.8 Å². The Morgan fingerprint density at radius 3 is 2.52 bits per heavy atom. The van der Waals surface area contributed by atoms with Gasteiger partial charge in [0.15, 0.2) is 11.5 Å². The number of nitrogens with zero attached hydrogens (tertiary/aromatic N) is 1. The summed E-state index contributed by atoms with van der Waals surface area (Å²) in [4.78, 5) is 13.5. The summed E-state index contributed by atoms with van der Waals surface area (Å²) in [7, 11) is 3.34. The minimum atomic E-state index is -0.420. The molecular formula is C15H25ClN2O3. The number of nitrogens with two attached hydrogens (primary N) is 1. The van der Waals surface area contributed by atoms with Gasteiger partial charge < -0.3 is 20.1 Å². The van der Waals surface area contributed by atoms with Gasteiger partial charge in [-0.2, -0.15) is 0 Å². The van der Waals surface area contributed by atoms with E-state index in [-0.39, 0.29) is 18.3 Å². The van der Waals surface area contributed by atoms with Gasteiger partial charge in [-0.1, -0.05) is 25.5 Å². The molecule has 2 N–H and O–H groups in total. The lowest BCUT2D eigenvalue weighted by molar-refractivity contribution is -0.131. The SMILES string of the molecule is CCCC(N)C(=O)N(C)CCOc1ccccc1OC.Cl. The van der Waals surface area contributed by atoms with Crippen LogP contribution in [-0.2, 0) is 4.79 Å². The molecule has 0 bridgehead atoms. The second-order valence-corrected chi connectivity index (χ2v) is 4.65. The molecule has 1 amide bonds. The highest BCUT2D eigenvalue weighted by Gasteiger charge is 2.16. The van der Waals surface area contributed by atoms with Crippen LogP contribution in [-0.4, -0.2) is 44.2 Å². The van der Waals surface area contributed by atoms with Crippen LogP contribution < -0.4 is 15.2 Å². The standard InChI is InChI=1S/C15H24N2O3.ClH/c1-4-7-12(16)15(18)17(2)10-11-20-14-9-6-5-8-13(14)19-3;/h5-6,8-9,12H,4,7,10-11,16H2,1-3H3;1H. The molecular weight excluding hydrogens is 292 g/mol.